The van der Waals surface area contributed by atoms with Crippen LogP contribution in [0.4, 0.5) is 28.4 Å². The number of piperazine rings is 3. The summed E-state index contributed by atoms with van der Waals surface area (Å²) in [4.78, 5) is 14.4. The Bertz CT molecular complexity index is 1660. The van der Waals surface area contributed by atoms with Gasteiger partial charge in [-0.25, -0.2) is 8.42 Å². The smallest absolute Gasteiger partial charge is 0.279 e. The van der Waals surface area contributed by atoms with Gasteiger partial charge in [0.2, 0.25) is 0 Å². The van der Waals surface area contributed by atoms with Crippen LogP contribution in [0.5, 0.6) is 0 Å². The summed E-state index contributed by atoms with van der Waals surface area (Å²) in [6.45, 7) is 7.40. The molecule has 1 amide bonds. The minimum absolute atomic E-state index is 0.137. The summed E-state index contributed by atoms with van der Waals surface area (Å²) in [7, 11) is -4.45. The zero-order chi connectivity index (χ0) is 31.0. The van der Waals surface area contributed by atoms with Crippen LogP contribution < -0.4 is 10.6 Å². The Balaban J connectivity index is 0.000000181. The maximum atomic E-state index is 12.2. The highest BCUT2D eigenvalue weighted by atomic mass is 79.9. The Hall–Kier alpha value is -3.94. The zero-order valence-electron chi connectivity index (χ0n) is 24.0. The Kier molecular flexibility index (Phi) is 10.2. The van der Waals surface area contributed by atoms with Crippen LogP contribution in [0, 0.1) is 0 Å². The first-order valence-corrected chi connectivity index (χ1v) is 16.4. The van der Waals surface area contributed by atoms with E-state index in [-0.39, 0.29) is 10.8 Å². The Labute approximate surface area is 265 Å². The number of hydrogen-bond donors (Lipinski definition) is 2. The summed E-state index contributed by atoms with van der Waals surface area (Å²) in [5.41, 5.74) is 3.90. The van der Waals surface area contributed by atoms with Crippen LogP contribution in [-0.4, -0.2) is 74.1 Å². The van der Waals surface area contributed by atoms with Crippen molar-refractivity contribution in [2.45, 2.75) is 4.90 Å². The van der Waals surface area contributed by atoms with Crippen LogP contribution in [0.3, 0.4) is 0 Å². The minimum atomic E-state index is -4.45. The Morgan fingerprint density at radius 2 is 1.25 bits per heavy atom. The van der Waals surface area contributed by atoms with Gasteiger partial charge >= 0.3 is 0 Å². The van der Waals surface area contributed by atoms with Gasteiger partial charge in [0.1, 0.15) is 10.1 Å². The van der Waals surface area contributed by atoms with Crippen LogP contribution in [-0.2, 0) is 14.9 Å². The lowest BCUT2D eigenvalue weighted by Crippen LogP contribution is -2.68. The maximum Gasteiger partial charge on any atom is 0.279 e. The van der Waals surface area contributed by atoms with Gasteiger partial charge in [-0.1, -0.05) is 34.1 Å². The molecule has 7 rings (SSSR count). The number of carbonyl (C=O) groups excluding carboxylic acids is 1. The van der Waals surface area contributed by atoms with Crippen LogP contribution in [0.1, 0.15) is 0 Å². The molecule has 0 aromatic heterocycles. The third-order valence-electron chi connectivity index (χ3n) is 7.61. The molecule has 0 spiro atoms. The molecule has 3 aliphatic heterocycles. The molecule has 12 heteroatoms. The van der Waals surface area contributed by atoms with E-state index in [4.69, 9.17) is 0 Å². The summed E-state index contributed by atoms with van der Waals surface area (Å²) in [5, 5.41) is 14.4. The molecule has 228 valence electrons. The molecular formula is C32H33BrN6O4S. The number of quaternary nitrogens is 1. The molecule has 2 bridgehead atoms. The number of para-hydroxylation sites is 1. The number of azo groups is 1. The molecule has 0 saturated carbocycles. The number of nitrogens with zero attached hydrogens (tertiary/aromatic N) is 4. The second-order valence-corrected chi connectivity index (χ2v) is 13.0. The number of nitrogens with one attached hydrogen (secondary N) is 2. The van der Waals surface area contributed by atoms with Gasteiger partial charge in [0.25, 0.3) is 5.91 Å². The van der Waals surface area contributed by atoms with Gasteiger partial charge in [0.15, 0.2) is 6.54 Å². The molecule has 2 N–H and O–H groups in total. The number of halogens is 1. The third kappa shape index (κ3) is 9.04. The fraction of sp³-hybridized carbons (Fsp3) is 0.219. The van der Waals surface area contributed by atoms with Crippen molar-refractivity contribution in [3.05, 3.63) is 108 Å². The van der Waals surface area contributed by atoms with Gasteiger partial charge in [0, 0.05) is 41.2 Å². The molecule has 3 aliphatic rings. The first kappa shape index (κ1) is 31.5. The number of fused-ring (bicyclic) bond motifs is 3. The summed E-state index contributed by atoms with van der Waals surface area (Å²) in [6.07, 6.45) is 0. The van der Waals surface area contributed by atoms with Crippen molar-refractivity contribution in [2.75, 3.05) is 56.4 Å². The summed E-state index contributed by atoms with van der Waals surface area (Å²) in [6, 6.07) is 30.2. The molecule has 4 aromatic rings. The van der Waals surface area contributed by atoms with Crippen LogP contribution in [0.15, 0.2) is 123 Å². The highest BCUT2D eigenvalue weighted by Gasteiger charge is 2.39. The monoisotopic (exact) mass is 676 g/mol. The predicted molar refractivity (Wildman–Crippen MR) is 174 cm³/mol. The largest absolute Gasteiger partial charge is 0.744 e. The van der Waals surface area contributed by atoms with Crippen molar-refractivity contribution < 1.29 is 22.2 Å². The van der Waals surface area contributed by atoms with E-state index in [9.17, 15) is 17.8 Å². The summed E-state index contributed by atoms with van der Waals surface area (Å²) < 4.78 is 34.6. The van der Waals surface area contributed by atoms with Crippen molar-refractivity contribution in [3.63, 3.8) is 0 Å². The van der Waals surface area contributed by atoms with Crippen LogP contribution in [0.2, 0.25) is 0 Å². The molecule has 4 aromatic carbocycles. The van der Waals surface area contributed by atoms with E-state index in [0.717, 1.165) is 65.3 Å². The lowest BCUT2D eigenvalue weighted by Gasteiger charge is -2.50. The van der Waals surface area contributed by atoms with E-state index in [0.29, 0.717) is 17.9 Å². The molecule has 3 fully saturated rings. The van der Waals surface area contributed by atoms with Crippen LogP contribution >= 0.6 is 15.9 Å². The molecule has 44 heavy (non-hydrogen) atoms. The van der Waals surface area contributed by atoms with E-state index < -0.39 is 10.1 Å². The van der Waals surface area contributed by atoms with Gasteiger partial charge < -0.3 is 19.7 Å². The van der Waals surface area contributed by atoms with Gasteiger partial charge in [0.05, 0.1) is 35.9 Å². The zero-order valence-corrected chi connectivity index (χ0v) is 26.4. The first-order valence-electron chi connectivity index (χ1n) is 14.2. The maximum absolute atomic E-state index is 12.2. The Morgan fingerprint density at radius 3 is 1.80 bits per heavy atom. The van der Waals surface area contributed by atoms with E-state index in [1.54, 1.807) is 0 Å². The molecule has 0 aliphatic carbocycles. The van der Waals surface area contributed by atoms with Gasteiger partial charge in [-0.2, -0.15) is 10.2 Å². The fourth-order valence-electron chi connectivity index (χ4n) is 5.10. The molecule has 3 heterocycles. The van der Waals surface area contributed by atoms with E-state index >= 15 is 0 Å². The second kappa shape index (κ2) is 14.2. The average Bonchev–Trinajstić information content (AvgIpc) is 3.03. The van der Waals surface area contributed by atoms with Gasteiger partial charge in [-0.05, 0) is 84.9 Å². The first-order chi connectivity index (χ1) is 21.2. The van der Waals surface area contributed by atoms with E-state index in [2.05, 4.69) is 41.7 Å². The number of carbonyl (C=O) groups is 1. The van der Waals surface area contributed by atoms with Crippen molar-refractivity contribution in [3.8, 4) is 0 Å². The van der Waals surface area contributed by atoms with Gasteiger partial charge in [-0.3, -0.25) is 9.69 Å². The van der Waals surface area contributed by atoms with Gasteiger partial charge in [-0.15, -0.1) is 0 Å². The molecule has 3 saturated heterocycles. The quantitative estimate of drug-likeness (QED) is 0.128. The van der Waals surface area contributed by atoms with E-state index in [1.165, 1.54) is 24.3 Å². The fourth-order valence-corrected chi connectivity index (χ4v) is 5.84. The third-order valence-corrected chi connectivity index (χ3v) is 8.99. The van der Waals surface area contributed by atoms with Crippen molar-refractivity contribution >= 4 is 60.4 Å². The molecule has 0 unspecified atom stereocenters. The number of hydrogen-bond acceptors (Lipinski definition) is 8. The normalized spacial score (nSPS) is 19.2. The highest BCUT2D eigenvalue weighted by molar-refractivity contribution is 9.10. The minimum Gasteiger partial charge on any atom is -0.744 e. The van der Waals surface area contributed by atoms with Crippen molar-refractivity contribution in [2.24, 2.45) is 10.2 Å². The predicted octanol–water partition coefficient (Wildman–Crippen LogP) is 6.28. The van der Waals surface area contributed by atoms with Crippen molar-refractivity contribution in [1.82, 2.24) is 4.90 Å². The van der Waals surface area contributed by atoms with Crippen LogP contribution in [0.25, 0.3) is 0 Å². The Morgan fingerprint density at radius 1 is 0.750 bits per heavy atom. The second-order valence-electron chi connectivity index (χ2n) is 10.8. The van der Waals surface area contributed by atoms with Crippen molar-refractivity contribution in [1.29, 1.82) is 0 Å². The molecular weight excluding hydrogens is 644 g/mol. The lowest BCUT2D eigenvalue weighted by atomic mass is 10.1. The highest BCUT2D eigenvalue weighted by Crippen LogP contribution is 2.24. The molecule has 0 radical (unpaired) electrons. The van der Waals surface area contributed by atoms with E-state index in [1.807, 2.05) is 78.9 Å². The number of anilines is 3. The topological polar surface area (TPSA) is 126 Å². The number of amides is 1. The number of rotatable bonds is 8. The lowest BCUT2D eigenvalue weighted by molar-refractivity contribution is -0.933. The summed E-state index contributed by atoms with van der Waals surface area (Å²) >= 11 is 3.40. The summed E-state index contributed by atoms with van der Waals surface area (Å²) in [5.74, 6) is 0.137. The average molecular weight is 678 g/mol. The SMILES string of the molecule is O=C(C[N+]12CCN(CC1)CC2)Nc1ccc(Br)cc1.O=S(=O)([O-])c1ccc(N=Nc2ccc(Nc3ccccc3)cc2)cc1. The standard InChI is InChI=1S/C18H15N3O3S.C14H18BrN3O/c22-25(23,24)18-12-10-17(11-13-18)21-20-16-8-6-15(7-9-16)19-14-4-2-1-3-5-14;15-12-1-3-13(4-2-12)16-14(19)11-18-8-5-17(6-9-18)7-10-18/h1-13,19H,(H,22,23,24);1-4H,5-11H2. The number of benzene rings is 4. The molecule has 10 nitrogen and oxygen atoms in total. The molecule has 0 atom stereocenters.